The molecule has 0 atom stereocenters. The van der Waals surface area contributed by atoms with E-state index in [2.05, 4.69) is 52.9 Å². The molecule has 0 aliphatic heterocycles. The summed E-state index contributed by atoms with van der Waals surface area (Å²) in [5.74, 6) is 1.26. The van der Waals surface area contributed by atoms with Crippen molar-refractivity contribution in [3.63, 3.8) is 0 Å². The van der Waals surface area contributed by atoms with Crippen LogP contribution in [-0.2, 0) is 5.88 Å². The van der Waals surface area contributed by atoms with Crippen LogP contribution in [0.2, 0.25) is 0 Å². The molecule has 0 radical (unpaired) electrons. The molecule has 1 aliphatic rings. The van der Waals surface area contributed by atoms with Crippen molar-refractivity contribution in [2.24, 2.45) is 5.92 Å². The minimum Gasteiger partial charge on any atom is -0.368 e. The van der Waals surface area contributed by atoms with Crippen LogP contribution in [0, 0.1) is 5.92 Å². The van der Waals surface area contributed by atoms with Gasteiger partial charge in [0, 0.05) is 28.6 Å². The molecule has 94 valence electrons. The number of hydrogen-bond donors (Lipinski definition) is 0. The van der Waals surface area contributed by atoms with Gasteiger partial charge in [-0.15, -0.1) is 11.6 Å². The first-order valence-electron chi connectivity index (χ1n) is 6.23. The molecule has 0 saturated heterocycles. The SMILES string of the molecule is CC(C)CN(c1ccc(Br)cc1CCl)C1CC1. The summed E-state index contributed by atoms with van der Waals surface area (Å²) in [5.41, 5.74) is 2.55. The molecular formula is C14H19BrClN. The summed E-state index contributed by atoms with van der Waals surface area (Å²) in [6.07, 6.45) is 2.65. The van der Waals surface area contributed by atoms with Crippen molar-refractivity contribution >= 4 is 33.2 Å². The van der Waals surface area contributed by atoms with E-state index in [4.69, 9.17) is 11.6 Å². The number of rotatable bonds is 5. The molecule has 1 fully saturated rings. The number of hydrogen-bond acceptors (Lipinski definition) is 1. The molecule has 0 N–H and O–H groups in total. The molecule has 2 rings (SSSR count). The van der Waals surface area contributed by atoms with E-state index < -0.39 is 0 Å². The average molecular weight is 317 g/mol. The molecule has 1 aliphatic carbocycles. The van der Waals surface area contributed by atoms with Crippen LogP contribution in [0.3, 0.4) is 0 Å². The molecule has 3 heteroatoms. The van der Waals surface area contributed by atoms with Crippen LogP contribution in [-0.4, -0.2) is 12.6 Å². The van der Waals surface area contributed by atoms with Gasteiger partial charge in [0.25, 0.3) is 0 Å². The van der Waals surface area contributed by atoms with Crippen molar-refractivity contribution in [3.05, 3.63) is 28.2 Å². The lowest BCUT2D eigenvalue weighted by atomic mass is 10.1. The minimum atomic E-state index is 0.579. The van der Waals surface area contributed by atoms with Crippen molar-refractivity contribution in [1.29, 1.82) is 0 Å². The topological polar surface area (TPSA) is 3.24 Å². The van der Waals surface area contributed by atoms with Crippen LogP contribution in [0.25, 0.3) is 0 Å². The third-order valence-electron chi connectivity index (χ3n) is 3.04. The molecule has 1 nitrogen and oxygen atoms in total. The third kappa shape index (κ3) is 3.38. The molecule has 1 saturated carbocycles. The van der Waals surface area contributed by atoms with Crippen LogP contribution in [0.5, 0.6) is 0 Å². The summed E-state index contributed by atoms with van der Waals surface area (Å²) in [7, 11) is 0. The van der Waals surface area contributed by atoms with E-state index in [1.54, 1.807) is 0 Å². The molecule has 0 unspecified atom stereocenters. The van der Waals surface area contributed by atoms with Gasteiger partial charge in [0.15, 0.2) is 0 Å². The highest BCUT2D eigenvalue weighted by molar-refractivity contribution is 9.10. The number of nitrogens with zero attached hydrogens (tertiary/aromatic N) is 1. The summed E-state index contributed by atoms with van der Waals surface area (Å²) in [6, 6.07) is 7.18. The van der Waals surface area contributed by atoms with Crippen molar-refractivity contribution in [2.75, 3.05) is 11.4 Å². The van der Waals surface area contributed by atoms with Crippen LogP contribution >= 0.6 is 27.5 Å². The Morgan fingerprint density at radius 1 is 1.41 bits per heavy atom. The second-order valence-electron chi connectivity index (χ2n) is 5.18. The summed E-state index contributed by atoms with van der Waals surface area (Å²) < 4.78 is 1.11. The van der Waals surface area contributed by atoms with Crippen LogP contribution in [0.4, 0.5) is 5.69 Å². The van der Waals surface area contributed by atoms with Crippen molar-refractivity contribution in [3.8, 4) is 0 Å². The van der Waals surface area contributed by atoms with Gasteiger partial charge < -0.3 is 4.90 Å². The standard InChI is InChI=1S/C14H19BrClN/c1-10(2)9-17(13-4-5-13)14-6-3-12(15)7-11(14)8-16/h3,6-7,10,13H,4-5,8-9H2,1-2H3. The normalized spacial score (nSPS) is 15.4. The van der Waals surface area contributed by atoms with E-state index >= 15 is 0 Å². The number of benzene rings is 1. The van der Waals surface area contributed by atoms with Crippen molar-refractivity contribution in [1.82, 2.24) is 0 Å². The van der Waals surface area contributed by atoms with E-state index in [9.17, 15) is 0 Å². The highest BCUT2D eigenvalue weighted by Gasteiger charge is 2.30. The van der Waals surface area contributed by atoms with E-state index in [0.717, 1.165) is 17.1 Å². The first-order chi connectivity index (χ1) is 8.11. The van der Waals surface area contributed by atoms with Gasteiger partial charge in [-0.2, -0.15) is 0 Å². The Morgan fingerprint density at radius 3 is 2.65 bits per heavy atom. The van der Waals surface area contributed by atoms with Gasteiger partial charge in [-0.25, -0.2) is 0 Å². The third-order valence-corrected chi connectivity index (χ3v) is 3.83. The summed E-state index contributed by atoms with van der Waals surface area (Å²) in [4.78, 5) is 2.54. The largest absolute Gasteiger partial charge is 0.368 e. The molecule has 1 aromatic carbocycles. The maximum absolute atomic E-state index is 6.06. The predicted octanol–water partition coefficient (Wildman–Crippen LogP) is 4.81. The zero-order valence-electron chi connectivity index (χ0n) is 10.4. The molecule has 0 amide bonds. The smallest absolute Gasteiger partial charge is 0.0494 e. The Kier molecular flexibility index (Phi) is 4.37. The molecule has 0 spiro atoms. The number of anilines is 1. The predicted molar refractivity (Wildman–Crippen MR) is 78.9 cm³/mol. The summed E-state index contributed by atoms with van der Waals surface area (Å²) >= 11 is 9.57. The Bertz CT molecular complexity index is 388. The maximum Gasteiger partial charge on any atom is 0.0494 e. The van der Waals surface area contributed by atoms with Crippen LogP contribution in [0.1, 0.15) is 32.3 Å². The van der Waals surface area contributed by atoms with E-state index in [-0.39, 0.29) is 0 Å². The number of alkyl halides is 1. The van der Waals surface area contributed by atoms with Gasteiger partial charge in [0.1, 0.15) is 0 Å². The first-order valence-corrected chi connectivity index (χ1v) is 7.55. The average Bonchev–Trinajstić information content (AvgIpc) is 3.09. The molecule has 0 aromatic heterocycles. The van der Waals surface area contributed by atoms with Gasteiger partial charge in [-0.05, 0) is 42.5 Å². The maximum atomic E-state index is 6.06. The van der Waals surface area contributed by atoms with E-state index in [1.807, 2.05) is 0 Å². The van der Waals surface area contributed by atoms with E-state index in [1.165, 1.54) is 24.1 Å². The van der Waals surface area contributed by atoms with Crippen molar-refractivity contribution < 1.29 is 0 Å². The van der Waals surface area contributed by atoms with Gasteiger partial charge in [0.05, 0.1) is 0 Å². The lowest BCUT2D eigenvalue weighted by Gasteiger charge is -2.28. The fourth-order valence-corrected chi connectivity index (χ4v) is 2.79. The Morgan fingerprint density at radius 2 is 2.12 bits per heavy atom. The quantitative estimate of drug-likeness (QED) is 0.704. The van der Waals surface area contributed by atoms with Gasteiger partial charge in [-0.3, -0.25) is 0 Å². The zero-order chi connectivity index (χ0) is 12.4. The van der Waals surface area contributed by atoms with Gasteiger partial charge >= 0.3 is 0 Å². The molecule has 17 heavy (non-hydrogen) atoms. The highest BCUT2D eigenvalue weighted by atomic mass is 79.9. The number of halogens is 2. The fourth-order valence-electron chi connectivity index (χ4n) is 2.17. The molecule has 0 bridgehead atoms. The van der Waals surface area contributed by atoms with Crippen LogP contribution < -0.4 is 4.90 Å². The minimum absolute atomic E-state index is 0.579. The molecule has 1 aromatic rings. The van der Waals surface area contributed by atoms with Crippen molar-refractivity contribution in [2.45, 2.75) is 38.6 Å². The zero-order valence-corrected chi connectivity index (χ0v) is 12.8. The monoisotopic (exact) mass is 315 g/mol. The molecule has 0 heterocycles. The second kappa shape index (κ2) is 5.62. The summed E-state index contributed by atoms with van der Waals surface area (Å²) in [6.45, 7) is 5.67. The Hall–Kier alpha value is -0.210. The Balaban J connectivity index is 2.28. The van der Waals surface area contributed by atoms with Gasteiger partial charge in [0.2, 0.25) is 0 Å². The molecular weight excluding hydrogens is 298 g/mol. The highest BCUT2D eigenvalue weighted by Crippen LogP contribution is 2.35. The summed E-state index contributed by atoms with van der Waals surface area (Å²) in [5, 5.41) is 0. The van der Waals surface area contributed by atoms with Crippen LogP contribution in [0.15, 0.2) is 22.7 Å². The lowest BCUT2D eigenvalue weighted by molar-refractivity contribution is 0.606. The van der Waals surface area contributed by atoms with Gasteiger partial charge in [-0.1, -0.05) is 29.8 Å². The van der Waals surface area contributed by atoms with E-state index in [0.29, 0.717) is 11.8 Å². The first kappa shape index (κ1) is 13.2. The Labute approximate surface area is 117 Å². The lowest BCUT2D eigenvalue weighted by Crippen LogP contribution is -2.30. The second-order valence-corrected chi connectivity index (χ2v) is 6.37. The fraction of sp³-hybridized carbons (Fsp3) is 0.571.